The molecule has 2 heterocycles. The zero-order valence-electron chi connectivity index (χ0n) is 13.2. The largest absolute Gasteiger partial charge is 0.481 e. The predicted octanol–water partition coefficient (Wildman–Crippen LogP) is 1.96. The normalized spacial score (nSPS) is 10.7. The molecule has 124 valence electrons. The van der Waals surface area contributed by atoms with E-state index in [4.69, 9.17) is 5.11 Å². The van der Waals surface area contributed by atoms with Crippen molar-refractivity contribution in [3.63, 3.8) is 0 Å². The number of rotatable bonds is 8. The van der Waals surface area contributed by atoms with E-state index in [-0.39, 0.29) is 25.3 Å². The molecule has 0 atom stereocenters. The summed E-state index contributed by atoms with van der Waals surface area (Å²) < 4.78 is 0. The van der Waals surface area contributed by atoms with Gasteiger partial charge in [-0.2, -0.15) is 0 Å². The number of aromatic nitrogens is 2. The van der Waals surface area contributed by atoms with Gasteiger partial charge in [-0.05, 0) is 19.4 Å². The molecule has 0 aliphatic carbocycles. The number of aryl methyl sites for hydroxylation is 2. The van der Waals surface area contributed by atoms with Crippen molar-refractivity contribution in [1.82, 2.24) is 15.3 Å². The molecule has 2 rings (SSSR count). The number of carboxylic acid groups (broad SMARTS) is 1. The highest BCUT2D eigenvalue weighted by Crippen LogP contribution is 2.29. The molecule has 0 aliphatic heterocycles. The molecule has 0 saturated carbocycles. The first-order valence-electron chi connectivity index (χ1n) is 7.49. The first kappa shape index (κ1) is 17.1. The Balaban J connectivity index is 1.92. The van der Waals surface area contributed by atoms with Crippen molar-refractivity contribution < 1.29 is 14.7 Å². The van der Waals surface area contributed by atoms with Gasteiger partial charge in [0.2, 0.25) is 5.91 Å². The van der Waals surface area contributed by atoms with Gasteiger partial charge in [-0.3, -0.25) is 9.59 Å². The third kappa shape index (κ3) is 4.88. The van der Waals surface area contributed by atoms with E-state index in [1.165, 1.54) is 4.88 Å². The van der Waals surface area contributed by atoms with Gasteiger partial charge in [0.05, 0.1) is 11.8 Å². The summed E-state index contributed by atoms with van der Waals surface area (Å²) >= 11 is 1.65. The molecular weight excluding hydrogens is 316 g/mol. The second-order valence-electron chi connectivity index (χ2n) is 5.07. The summed E-state index contributed by atoms with van der Waals surface area (Å²) in [5, 5.41) is 15.2. The van der Waals surface area contributed by atoms with Gasteiger partial charge in [0.25, 0.3) is 0 Å². The van der Waals surface area contributed by atoms with E-state index in [9.17, 15) is 9.59 Å². The number of anilines is 1. The fourth-order valence-electron chi connectivity index (χ4n) is 2.08. The van der Waals surface area contributed by atoms with Crippen molar-refractivity contribution in [2.75, 3.05) is 18.4 Å². The van der Waals surface area contributed by atoms with Crippen LogP contribution in [0.15, 0.2) is 6.07 Å². The average molecular weight is 336 g/mol. The summed E-state index contributed by atoms with van der Waals surface area (Å²) in [6.45, 7) is 4.52. The lowest BCUT2D eigenvalue weighted by molar-refractivity contribution is -0.136. The van der Waals surface area contributed by atoms with Crippen LogP contribution >= 0.6 is 11.3 Å². The highest BCUT2D eigenvalue weighted by atomic mass is 32.1. The molecule has 2 aromatic heterocycles. The van der Waals surface area contributed by atoms with E-state index in [2.05, 4.69) is 33.6 Å². The van der Waals surface area contributed by atoms with Crippen LogP contribution in [0.1, 0.15) is 30.5 Å². The standard InChI is InChI=1S/C15H20N4O3S/c1-3-10-8-11-14(18-9(2)19-15(11)23-10)17-6-4-12(20)16-7-5-13(21)22/h8H,3-7H2,1-2H3,(H,16,20)(H,21,22)(H,17,18,19). The van der Waals surface area contributed by atoms with Gasteiger partial charge in [-0.1, -0.05) is 6.92 Å². The van der Waals surface area contributed by atoms with Crippen LogP contribution in [0.5, 0.6) is 0 Å². The molecule has 0 aliphatic rings. The van der Waals surface area contributed by atoms with Gasteiger partial charge in [0, 0.05) is 24.4 Å². The van der Waals surface area contributed by atoms with Gasteiger partial charge >= 0.3 is 5.97 Å². The number of carbonyl (C=O) groups is 2. The van der Waals surface area contributed by atoms with Crippen LogP contribution < -0.4 is 10.6 Å². The predicted molar refractivity (Wildman–Crippen MR) is 89.9 cm³/mol. The van der Waals surface area contributed by atoms with Crippen molar-refractivity contribution in [2.24, 2.45) is 0 Å². The number of carboxylic acids is 1. The van der Waals surface area contributed by atoms with Crippen molar-refractivity contribution in [2.45, 2.75) is 33.1 Å². The molecule has 7 nitrogen and oxygen atoms in total. The van der Waals surface area contributed by atoms with Crippen LogP contribution in [0.25, 0.3) is 10.2 Å². The number of amides is 1. The maximum atomic E-state index is 11.6. The summed E-state index contributed by atoms with van der Waals surface area (Å²) in [6.07, 6.45) is 1.14. The molecule has 1 amide bonds. The third-order valence-electron chi connectivity index (χ3n) is 3.21. The average Bonchev–Trinajstić information content (AvgIpc) is 2.89. The zero-order valence-corrected chi connectivity index (χ0v) is 14.0. The lowest BCUT2D eigenvalue weighted by Crippen LogP contribution is -2.27. The van der Waals surface area contributed by atoms with E-state index >= 15 is 0 Å². The van der Waals surface area contributed by atoms with Gasteiger partial charge in [0.15, 0.2) is 0 Å². The van der Waals surface area contributed by atoms with E-state index in [0.717, 1.165) is 22.5 Å². The van der Waals surface area contributed by atoms with Gasteiger partial charge in [0.1, 0.15) is 16.5 Å². The second-order valence-corrected chi connectivity index (χ2v) is 6.19. The quantitative estimate of drug-likeness (QED) is 0.681. The Morgan fingerprint density at radius 3 is 2.74 bits per heavy atom. The molecule has 2 aromatic rings. The Kier molecular flexibility index (Phi) is 5.86. The maximum absolute atomic E-state index is 11.6. The van der Waals surface area contributed by atoms with Crippen LogP contribution in [-0.4, -0.2) is 40.0 Å². The molecule has 0 spiro atoms. The van der Waals surface area contributed by atoms with Gasteiger partial charge in [-0.25, -0.2) is 9.97 Å². The van der Waals surface area contributed by atoms with Crippen molar-refractivity contribution in [3.05, 3.63) is 16.8 Å². The van der Waals surface area contributed by atoms with Gasteiger partial charge < -0.3 is 15.7 Å². The summed E-state index contributed by atoms with van der Waals surface area (Å²) in [5.74, 6) is 0.323. The first-order chi connectivity index (χ1) is 11.0. The number of hydrogen-bond donors (Lipinski definition) is 3. The lowest BCUT2D eigenvalue weighted by Gasteiger charge is -2.08. The van der Waals surface area contributed by atoms with E-state index in [1.807, 2.05) is 6.92 Å². The number of nitrogens with one attached hydrogen (secondary N) is 2. The van der Waals surface area contributed by atoms with Crippen LogP contribution in [0.3, 0.4) is 0 Å². The fourth-order valence-corrected chi connectivity index (χ4v) is 3.09. The van der Waals surface area contributed by atoms with Crippen LogP contribution in [0, 0.1) is 6.92 Å². The number of hydrogen-bond acceptors (Lipinski definition) is 6. The van der Waals surface area contributed by atoms with Crippen LogP contribution in [0.2, 0.25) is 0 Å². The van der Waals surface area contributed by atoms with Crippen molar-refractivity contribution >= 4 is 39.2 Å². The van der Waals surface area contributed by atoms with E-state index in [0.29, 0.717) is 12.4 Å². The Labute approximate surface area is 138 Å². The molecule has 0 saturated heterocycles. The topological polar surface area (TPSA) is 104 Å². The number of carbonyl (C=O) groups excluding carboxylic acids is 1. The Hall–Kier alpha value is -2.22. The summed E-state index contributed by atoms with van der Waals surface area (Å²) in [4.78, 5) is 33.0. The minimum Gasteiger partial charge on any atom is -0.481 e. The highest BCUT2D eigenvalue weighted by Gasteiger charge is 2.10. The molecule has 23 heavy (non-hydrogen) atoms. The minimum absolute atomic E-state index is 0.0698. The molecule has 3 N–H and O–H groups in total. The molecule has 0 radical (unpaired) electrons. The summed E-state index contributed by atoms with van der Waals surface area (Å²) in [7, 11) is 0. The monoisotopic (exact) mass is 336 g/mol. The molecule has 0 aromatic carbocycles. The third-order valence-corrected chi connectivity index (χ3v) is 4.38. The Bertz CT molecular complexity index is 714. The molecule has 0 fully saturated rings. The molecule has 8 heteroatoms. The number of thiophene rings is 1. The van der Waals surface area contributed by atoms with Crippen molar-refractivity contribution in [1.29, 1.82) is 0 Å². The number of nitrogens with zero attached hydrogens (tertiary/aromatic N) is 2. The smallest absolute Gasteiger partial charge is 0.305 e. The highest BCUT2D eigenvalue weighted by molar-refractivity contribution is 7.18. The fraction of sp³-hybridized carbons (Fsp3) is 0.467. The van der Waals surface area contributed by atoms with E-state index < -0.39 is 5.97 Å². The summed E-state index contributed by atoms with van der Waals surface area (Å²) in [5.41, 5.74) is 0. The maximum Gasteiger partial charge on any atom is 0.305 e. The Morgan fingerprint density at radius 1 is 1.26 bits per heavy atom. The molecule has 0 bridgehead atoms. The zero-order chi connectivity index (χ0) is 16.8. The molecular formula is C15H20N4O3S. The van der Waals surface area contributed by atoms with Crippen molar-refractivity contribution in [3.8, 4) is 0 Å². The summed E-state index contributed by atoms with van der Waals surface area (Å²) in [6, 6.07) is 2.08. The van der Waals surface area contributed by atoms with Crippen LogP contribution in [0.4, 0.5) is 5.82 Å². The number of aliphatic carboxylic acids is 1. The first-order valence-corrected chi connectivity index (χ1v) is 8.30. The van der Waals surface area contributed by atoms with Crippen LogP contribution in [-0.2, 0) is 16.0 Å². The lowest BCUT2D eigenvalue weighted by atomic mass is 10.3. The number of fused-ring (bicyclic) bond motifs is 1. The van der Waals surface area contributed by atoms with Gasteiger partial charge in [-0.15, -0.1) is 11.3 Å². The SMILES string of the molecule is CCc1cc2c(NCCC(=O)NCCC(=O)O)nc(C)nc2s1. The minimum atomic E-state index is -0.925. The Morgan fingerprint density at radius 2 is 2.04 bits per heavy atom. The second kappa shape index (κ2) is 7.87. The van der Waals surface area contributed by atoms with E-state index in [1.54, 1.807) is 11.3 Å². The molecule has 0 unspecified atom stereocenters.